The van der Waals surface area contributed by atoms with E-state index in [2.05, 4.69) is 4.98 Å². The fourth-order valence-electron chi connectivity index (χ4n) is 0.176. The van der Waals surface area contributed by atoms with Crippen LogP contribution in [0.15, 0.2) is 17.1 Å². The molecule has 0 aliphatic rings. The van der Waals surface area contributed by atoms with Crippen LogP contribution in [-0.4, -0.2) is 4.98 Å². The van der Waals surface area contributed by atoms with Crippen molar-refractivity contribution in [2.75, 3.05) is 0 Å². The molecule has 0 bridgehead atoms. The largest absolute Gasteiger partial charge is 1.00 e. The smallest absolute Gasteiger partial charge is 0.0791 e. The van der Waals surface area contributed by atoms with Gasteiger partial charge in [-0.3, -0.25) is 4.98 Å². The van der Waals surface area contributed by atoms with Gasteiger partial charge in [-0.1, -0.05) is 0 Å². The van der Waals surface area contributed by atoms with Gasteiger partial charge in [-0.2, -0.15) is 0 Å². The van der Waals surface area contributed by atoms with Crippen LogP contribution in [0.25, 0.3) is 0 Å². The van der Waals surface area contributed by atoms with E-state index < -0.39 is 0 Å². The molecule has 0 saturated heterocycles. The molecule has 0 unspecified atom stereocenters. The molecule has 0 N–H and O–H groups in total. The minimum absolute atomic E-state index is 0. The fourth-order valence-corrected chi connectivity index (χ4v) is 0.527. The van der Waals surface area contributed by atoms with Crippen LogP contribution in [-0.2, 0) is 0 Å². The van der Waals surface area contributed by atoms with Crippen LogP contribution in [0.1, 0.15) is 0 Å². The number of thiazole rings is 1. The van der Waals surface area contributed by atoms with Crippen LogP contribution < -0.4 is 4.70 Å². The second-order valence-corrected chi connectivity index (χ2v) is 1.43. The van der Waals surface area contributed by atoms with Crippen molar-refractivity contribution >= 4 is 11.3 Å². The van der Waals surface area contributed by atoms with Crippen LogP contribution in [0, 0.1) is 0 Å². The maximum absolute atomic E-state index is 3.74. The summed E-state index contributed by atoms with van der Waals surface area (Å²) in [5.41, 5.74) is 1.79. The summed E-state index contributed by atoms with van der Waals surface area (Å²) in [6, 6.07) is 0. The van der Waals surface area contributed by atoms with Crippen molar-refractivity contribution in [3.63, 3.8) is 0 Å². The molecule has 0 amide bonds. The molecule has 0 saturated carbocycles. The summed E-state index contributed by atoms with van der Waals surface area (Å²) in [6.07, 6.45) is 1.77. The van der Waals surface area contributed by atoms with E-state index in [1.54, 1.807) is 23.0 Å². The third-order valence-corrected chi connectivity index (χ3v) is 0.869. The van der Waals surface area contributed by atoms with Crippen LogP contribution in [0.4, 0.5) is 0 Å². The van der Waals surface area contributed by atoms with Gasteiger partial charge in [0, 0.05) is 11.6 Å². The summed E-state index contributed by atoms with van der Waals surface area (Å²) >= 11 is 1.60. The monoisotopic (exact) mass is 104 g/mol. The molecule has 0 radical (unpaired) electrons. The lowest BCUT2D eigenvalue weighted by atomic mass is 11.0. The Labute approximate surface area is 39.0 Å². The molecule has 6 heavy (non-hydrogen) atoms. The number of hydrogen-bond acceptors (Lipinski definition) is 2. The fraction of sp³-hybridized carbons (Fsp3) is 0. The highest BCUT2D eigenvalue weighted by Gasteiger charge is 1.59. The average Bonchev–Trinajstić information content (AvgIpc) is 1.76. The van der Waals surface area contributed by atoms with Gasteiger partial charge in [-0.25, -0.2) is 0 Å². The summed E-state index contributed by atoms with van der Waals surface area (Å²) < 4.78 is 0. The molecular weight excluding hydrogens is 101 g/mol. The van der Waals surface area contributed by atoms with Gasteiger partial charge < -0.3 is 4.70 Å². The Morgan fingerprint density at radius 3 is 2.50 bits per heavy atom. The molecule has 1 rings (SSSR count). The van der Waals surface area contributed by atoms with E-state index in [-0.39, 0.29) is 4.70 Å². The number of rotatable bonds is 0. The summed E-state index contributed by atoms with van der Waals surface area (Å²) in [4.78, 5) is 3.74. The van der Waals surface area contributed by atoms with Crippen molar-refractivity contribution in [1.29, 1.82) is 0 Å². The molecule has 34 valence electrons. The zero-order chi connectivity index (χ0) is 3.54. The van der Waals surface area contributed by atoms with E-state index in [4.69, 9.17) is 0 Å². The Morgan fingerprint density at radius 1 is 1.50 bits per heavy atom. The molecule has 0 aliphatic heterocycles. The maximum atomic E-state index is 3.74. The lowest BCUT2D eigenvalue weighted by Crippen LogP contribution is -3.00. The van der Waals surface area contributed by atoms with Gasteiger partial charge in [0.2, 0.25) is 0 Å². The second kappa shape index (κ2) is 2.78. The Kier molecular flexibility index (Phi) is 2.58. The molecule has 1 aromatic heterocycles. The van der Waals surface area contributed by atoms with E-state index >= 15 is 0 Å². The van der Waals surface area contributed by atoms with Gasteiger partial charge in [-0.05, 0) is 0 Å². The quantitative estimate of drug-likeness (QED) is 0.376. The standard InChI is InChI=1S/C3H3NS.FH/c1-2-5-3-4-1;/h1-3H;1H/p-1. The first-order valence-corrected chi connectivity index (χ1v) is 2.26. The van der Waals surface area contributed by atoms with Crippen molar-refractivity contribution < 1.29 is 4.70 Å². The number of nitrogens with zero attached hydrogens (tertiary/aromatic N) is 1. The van der Waals surface area contributed by atoms with Gasteiger partial charge in [-0.15, -0.1) is 11.3 Å². The highest BCUT2D eigenvalue weighted by atomic mass is 32.1. The van der Waals surface area contributed by atoms with E-state index in [0.717, 1.165) is 0 Å². The third-order valence-electron chi connectivity index (χ3n) is 0.347. The van der Waals surface area contributed by atoms with Crippen molar-refractivity contribution in [2.45, 2.75) is 0 Å². The first kappa shape index (κ1) is 5.56. The van der Waals surface area contributed by atoms with E-state index in [0.29, 0.717) is 0 Å². The Bertz CT molecular complexity index is 67.3. The van der Waals surface area contributed by atoms with Crippen molar-refractivity contribution in [2.24, 2.45) is 0 Å². The predicted molar refractivity (Wildman–Crippen MR) is 22.1 cm³/mol. The lowest BCUT2D eigenvalue weighted by molar-refractivity contribution is -0.00000101. The first-order chi connectivity index (χ1) is 2.50. The van der Waals surface area contributed by atoms with Crippen LogP contribution in [0.5, 0.6) is 0 Å². The topological polar surface area (TPSA) is 12.9 Å². The van der Waals surface area contributed by atoms with Crippen LogP contribution >= 0.6 is 11.3 Å². The normalized spacial score (nSPS) is 6.67. The molecule has 0 atom stereocenters. The Balaban J connectivity index is 0.000000250. The van der Waals surface area contributed by atoms with Crippen LogP contribution in [0.2, 0.25) is 0 Å². The molecule has 0 aromatic carbocycles. The molecular formula is C3H3FNS-. The maximum Gasteiger partial charge on any atom is 0.0791 e. The molecule has 0 fully saturated rings. The molecule has 0 spiro atoms. The van der Waals surface area contributed by atoms with Gasteiger partial charge >= 0.3 is 0 Å². The van der Waals surface area contributed by atoms with Crippen molar-refractivity contribution in [3.8, 4) is 0 Å². The SMILES string of the molecule is [F-].c1cscn1. The summed E-state index contributed by atoms with van der Waals surface area (Å²) in [5, 5.41) is 1.93. The van der Waals surface area contributed by atoms with Gasteiger partial charge in [0.25, 0.3) is 0 Å². The highest BCUT2D eigenvalue weighted by molar-refractivity contribution is 7.07. The summed E-state index contributed by atoms with van der Waals surface area (Å²) in [6.45, 7) is 0. The van der Waals surface area contributed by atoms with Crippen LogP contribution in [0.3, 0.4) is 0 Å². The van der Waals surface area contributed by atoms with Gasteiger partial charge in [0.05, 0.1) is 5.51 Å². The zero-order valence-electron chi connectivity index (χ0n) is 2.97. The number of aromatic nitrogens is 1. The molecule has 1 nitrogen and oxygen atoms in total. The minimum atomic E-state index is 0. The van der Waals surface area contributed by atoms with Crippen molar-refractivity contribution in [3.05, 3.63) is 17.1 Å². The molecule has 1 heterocycles. The number of halogens is 1. The van der Waals surface area contributed by atoms with E-state index in [1.807, 2.05) is 5.38 Å². The predicted octanol–water partition coefficient (Wildman–Crippen LogP) is -1.85. The third kappa shape index (κ3) is 1.12. The van der Waals surface area contributed by atoms with Gasteiger partial charge in [0.1, 0.15) is 0 Å². The molecule has 1 aromatic rings. The lowest BCUT2D eigenvalue weighted by Gasteiger charge is -1.41. The first-order valence-electron chi connectivity index (χ1n) is 1.32. The highest BCUT2D eigenvalue weighted by Crippen LogP contribution is 1.85. The number of hydrogen-bond donors (Lipinski definition) is 0. The Hall–Kier alpha value is -0.440. The summed E-state index contributed by atoms with van der Waals surface area (Å²) in [7, 11) is 0. The average molecular weight is 104 g/mol. The minimum Gasteiger partial charge on any atom is -1.00 e. The molecule has 3 heteroatoms. The van der Waals surface area contributed by atoms with Gasteiger partial charge in [0.15, 0.2) is 0 Å². The van der Waals surface area contributed by atoms with E-state index in [1.165, 1.54) is 0 Å². The molecule has 0 aliphatic carbocycles. The van der Waals surface area contributed by atoms with E-state index in [9.17, 15) is 0 Å². The zero-order valence-corrected chi connectivity index (χ0v) is 3.78. The van der Waals surface area contributed by atoms with Crippen molar-refractivity contribution in [1.82, 2.24) is 4.98 Å². The second-order valence-electron chi connectivity index (χ2n) is 0.676. The Morgan fingerprint density at radius 2 is 2.33 bits per heavy atom. The summed E-state index contributed by atoms with van der Waals surface area (Å²) in [5.74, 6) is 0.